The summed E-state index contributed by atoms with van der Waals surface area (Å²) in [6.45, 7) is 2.02. The number of rotatable bonds is 4. The number of aromatic amines is 1. The highest BCUT2D eigenvalue weighted by Gasteiger charge is 2.19. The number of nitrogens with two attached hydrogens (primary N) is 1. The number of hydrogen-bond donors (Lipinski definition) is 3. The summed E-state index contributed by atoms with van der Waals surface area (Å²) in [6, 6.07) is 0. The molecule has 0 aliphatic heterocycles. The highest BCUT2D eigenvalue weighted by Crippen LogP contribution is 2.16. The van der Waals surface area contributed by atoms with Gasteiger partial charge in [-0.15, -0.1) is 11.3 Å². The van der Waals surface area contributed by atoms with Crippen LogP contribution in [0.2, 0.25) is 0 Å². The van der Waals surface area contributed by atoms with Gasteiger partial charge in [0.05, 0.1) is 17.4 Å². The summed E-state index contributed by atoms with van der Waals surface area (Å²) in [4.78, 5) is 4.87. The number of anilines is 1. The molecule has 0 bridgehead atoms. The van der Waals surface area contributed by atoms with Crippen molar-refractivity contribution in [2.45, 2.75) is 18.4 Å². The molecule has 0 spiro atoms. The Labute approximate surface area is 102 Å². The van der Waals surface area contributed by atoms with Gasteiger partial charge in [-0.25, -0.2) is 18.1 Å². The zero-order chi connectivity index (χ0) is 12.5. The molecule has 0 atom stereocenters. The van der Waals surface area contributed by atoms with Crippen LogP contribution in [0.25, 0.3) is 0 Å². The molecule has 4 N–H and O–H groups in total. The van der Waals surface area contributed by atoms with Gasteiger partial charge < -0.3 is 5.73 Å². The fourth-order valence-corrected chi connectivity index (χ4v) is 3.06. The molecular weight excluding hydrogens is 262 g/mol. The van der Waals surface area contributed by atoms with Crippen molar-refractivity contribution in [3.05, 3.63) is 22.3 Å². The normalized spacial score (nSPS) is 11.8. The molecule has 9 heteroatoms. The van der Waals surface area contributed by atoms with Gasteiger partial charge in [0.15, 0.2) is 0 Å². The average Bonchev–Trinajstić information content (AvgIpc) is 2.85. The average molecular weight is 273 g/mol. The molecule has 2 heterocycles. The number of aryl methyl sites for hydroxylation is 1. The van der Waals surface area contributed by atoms with Crippen LogP contribution in [0.15, 0.2) is 16.6 Å². The topological polar surface area (TPSA) is 114 Å². The number of thiazole rings is 1. The Morgan fingerprint density at radius 3 is 2.88 bits per heavy atom. The van der Waals surface area contributed by atoms with Crippen molar-refractivity contribution in [1.29, 1.82) is 0 Å². The molecule has 2 rings (SSSR count). The van der Waals surface area contributed by atoms with Gasteiger partial charge >= 0.3 is 0 Å². The summed E-state index contributed by atoms with van der Waals surface area (Å²) in [6.07, 6.45) is 1.18. The summed E-state index contributed by atoms with van der Waals surface area (Å²) < 4.78 is 26.2. The van der Waals surface area contributed by atoms with E-state index in [-0.39, 0.29) is 17.3 Å². The SMILES string of the molecule is Cc1ncsc1CNS(=O)(=O)c1cn[nH]c1N. The van der Waals surface area contributed by atoms with Crippen LogP contribution in [-0.4, -0.2) is 23.6 Å². The fourth-order valence-electron chi connectivity index (χ4n) is 1.23. The molecule has 17 heavy (non-hydrogen) atoms. The Balaban J connectivity index is 2.15. The highest BCUT2D eigenvalue weighted by molar-refractivity contribution is 7.89. The Hall–Kier alpha value is -1.45. The van der Waals surface area contributed by atoms with Gasteiger partial charge in [0.2, 0.25) is 10.0 Å². The number of nitrogens with zero attached hydrogens (tertiary/aromatic N) is 2. The van der Waals surface area contributed by atoms with Gasteiger partial charge in [0, 0.05) is 11.4 Å². The Kier molecular flexibility index (Phi) is 3.13. The first-order valence-electron chi connectivity index (χ1n) is 4.68. The van der Waals surface area contributed by atoms with Gasteiger partial charge in [-0.05, 0) is 6.92 Å². The van der Waals surface area contributed by atoms with E-state index in [1.807, 2.05) is 6.92 Å². The molecule has 7 nitrogen and oxygen atoms in total. The predicted octanol–water partition coefficient (Wildman–Crippen LogP) is 0.235. The maximum atomic E-state index is 11.9. The van der Waals surface area contributed by atoms with Crippen molar-refractivity contribution in [3.63, 3.8) is 0 Å². The lowest BCUT2D eigenvalue weighted by atomic mass is 10.4. The minimum absolute atomic E-state index is 0.0264. The molecule has 0 fully saturated rings. The molecular formula is C8H11N5O2S2. The van der Waals surface area contributed by atoms with E-state index in [1.165, 1.54) is 17.5 Å². The number of hydrogen-bond acceptors (Lipinski definition) is 6. The monoisotopic (exact) mass is 273 g/mol. The third-order valence-electron chi connectivity index (χ3n) is 2.19. The Bertz CT molecular complexity index is 615. The molecule has 2 aromatic heterocycles. The van der Waals surface area contributed by atoms with Crippen molar-refractivity contribution in [3.8, 4) is 0 Å². The van der Waals surface area contributed by atoms with E-state index < -0.39 is 10.0 Å². The minimum atomic E-state index is -3.63. The van der Waals surface area contributed by atoms with Crippen molar-refractivity contribution < 1.29 is 8.42 Å². The molecule has 0 amide bonds. The second kappa shape index (κ2) is 4.43. The fraction of sp³-hybridized carbons (Fsp3) is 0.250. The predicted molar refractivity (Wildman–Crippen MR) is 63.9 cm³/mol. The molecule has 0 saturated carbocycles. The first-order chi connectivity index (χ1) is 8.00. The first kappa shape index (κ1) is 12.0. The standard InChI is InChI=1S/C8H11N5O2S2/c1-5-6(16-4-10-5)2-12-17(14,15)7-3-11-13-8(7)9/h3-4,12H,2H2,1H3,(H3,9,11,13). The molecule has 0 unspecified atom stereocenters. The zero-order valence-corrected chi connectivity index (χ0v) is 10.6. The van der Waals surface area contributed by atoms with Crippen molar-refractivity contribution in [2.75, 3.05) is 5.73 Å². The van der Waals surface area contributed by atoms with E-state index in [0.29, 0.717) is 0 Å². The number of nitrogens with one attached hydrogen (secondary N) is 2. The van der Waals surface area contributed by atoms with E-state index in [9.17, 15) is 8.42 Å². The highest BCUT2D eigenvalue weighted by atomic mass is 32.2. The largest absolute Gasteiger partial charge is 0.383 e. The molecule has 0 aromatic carbocycles. The van der Waals surface area contributed by atoms with Crippen molar-refractivity contribution in [1.82, 2.24) is 19.9 Å². The summed E-state index contributed by atoms with van der Waals surface area (Å²) in [5, 5.41) is 5.95. The summed E-state index contributed by atoms with van der Waals surface area (Å²) in [7, 11) is -3.63. The molecule has 2 aromatic rings. The van der Waals surface area contributed by atoms with Crippen LogP contribution < -0.4 is 10.5 Å². The third kappa shape index (κ3) is 2.46. The quantitative estimate of drug-likeness (QED) is 0.738. The Morgan fingerprint density at radius 1 is 1.59 bits per heavy atom. The molecule has 0 saturated heterocycles. The summed E-state index contributed by atoms with van der Waals surface area (Å²) >= 11 is 1.40. The second-order valence-corrected chi connectivity index (χ2v) is 6.01. The van der Waals surface area contributed by atoms with Crippen molar-refractivity contribution in [2.24, 2.45) is 0 Å². The van der Waals surface area contributed by atoms with E-state index in [1.54, 1.807) is 5.51 Å². The van der Waals surface area contributed by atoms with Gasteiger partial charge in [0.25, 0.3) is 0 Å². The zero-order valence-electron chi connectivity index (χ0n) is 8.97. The van der Waals surface area contributed by atoms with Crippen LogP contribution in [-0.2, 0) is 16.6 Å². The summed E-state index contributed by atoms with van der Waals surface area (Å²) in [5.41, 5.74) is 7.95. The molecule has 92 valence electrons. The van der Waals surface area contributed by atoms with E-state index >= 15 is 0 Å². The molecule has 0 aliphatic rings. The summed E-state index contributed by atoms with van der Waals surface area (Å²) in [5.74, 6) is 0.0264. The van der Waals surface area contributed by atoms with Gasteiger partial charge in [0.1, 0.15) is 10.7 Å². The second-order valence-electron chi connectivity index (χ2n) is 3.33. The third-order valence-corrected chi connectivity index (χ3v) is 4.55. The lowest BCUT2D eigenvalue weighted by Crippen LogP contribution is -2.23. The first-order valence-corrected chi connectivity index (χ1v) is 7.04. The van der Waals surface area contributed by atoms with Crippen LogP contribution >= 0.6 is 11.3 Å². The van der Waals surface area contributed by atoms with Crippen LogP contribution in [0.5, 0.6) is 0 Å². The number of aromatic nitrogens is 3. The van der Waals surface area contributed by atoms with Gasteiger partial charge in [-0.2, -0.15) is 5.10 Å². The smallest absolute Gasteiger partial charge is 0.246 e. The molecule has 0 radical (unpaired) electrons. The van der Waals surface area contributed by atoms with Crippen molar-refractivity contribution >= 4 is 27.2 Å². The Morgan fingerprint density at radius 2 is 2.35 bits per heavy atom. The lowest BCUT2D eigenvalue weighted by Gasteiger charge is -2.04. The van der Waals surface area contributed by atoms with Crippen LogP contribution in [0.4, 0.5) is 5.82 Å². The lowest BCUT2D eigenvalue weighted by molar-refractivity contribution is 0.582. The van der Waals surface area contributed by atoms with Crippen LogP contribution in [0.3, 0.4) is 0 Å². The number of sulfonamides is 1. The van der Waals surface area contributed by atoms with E-state index in [4.69, 9.17) is 5.73 Å². The number of nitrogen functional groups attached to an aromatic ring is 1. The maximum Gasteiger partial charge on any atom is 0.246 e. The van der Waals surface area contributed by atoms with E-state index in [2.05, 4.69) is 19.9 Å². The van der Waals surface area contributed by atoms with E-state index in [0.717, 1.165) is 10.6 Å². The van der Waals surface area contributed by atoms with Crippen LogP contribution in [0, 0.1) is 6.92 Å². The minimum Gasteiger partial charge on any atom is -0.383 e. The van der Waals surface area contributed by atoms with Gasteiger partial charge in [-0.1, -0.05) is 0 Å². The molecule has 0 aliphatic carbocycles. The van der Waals surface area contributed by atoms with Crippen LogP contribution in [0.1, 0.15) is 10.6 Å². The van der Waals surface area contributed by atoms with Gasteiger partial charge in [-0.3, -0.25) is 5.10 Å². The number of H-pyrrole nitrogens is 1. The maximum absolute atomic E-state index is 11.9.